The van der Waals surface area contributed by atoms with Crippen LogP contribution in [0.1, 0.15) is 18.7 Å². The molecular weight excluding hydrogens is 417 g/mol. The molecule has 0 spiro atoms. The molecule has 1 fully saturated rings. The van der Waals surface area contributed by atoms with Crippen molar-refractivity contribution in [3.05, 3.63) is 52.2 Å². The third-order valence-corrected chi connectivity index (χ3v) is 6.91. The number of aromatic amines is 1. The van der Waals surface area contributed by atoms with E-state index in [9.17, 15) is 22.4 Å². The van der Waals surface area contributed by atoms with Gasteiger partial charge < -0.3 is 5.11 Å². The Hall–Kier alpha value is -3.12. The van der Waals surface area contributed by atoms with Gasteiger partial charge in [-0.05, 0) is 30.2 Å². The number of carboxylic acid groups (broad SMARTS) is 1. The summed E-state index contributed by atoms with van der Waals surface area (Å²) in [6.07, 6.45) is -0.334. The van der Waals surface area contributed by atoms with Crippen molar-refractivity contribution in [2.75, 3.05) is 13.1 Å². The minimum atomic E-state index is -3.96. The average molecular weight is 435 g/mol. The first-order valence-electron chi connectivity index (χ1n) is 9.11. The molecule has 10 nitrogen and oxygen atoms in total. The number of carbonyl (C=O) groups is 1. The lowest BCUT2D eigenvalue weighted by atomic mass is 10.1. The molecule has 0 radical (unpaired) electrons. The molecule has 3 heterocycles. The van der Waals surface area contributed by atoms with Gasteiger partial charge in [-0.3, -0.25) is 14.3 Å². The van der Waals surface area contributed by atoms with Gasteiger partial charge in [0.25, 0.3) is 15.6 Å². The topological polar surface area (TPSA) is 138 Å². The fourth-order valence-corrected chi connectivity index (χ4v) is 5.18. The first-order chi connectivity index (χ1) is 14.2. The summed E-state index contributed by atoms with van der Waals surface area (Å²) >= 11 is 0. The Morgan fingerprint density at radius 3 is 2.73 bits per heavy atom. The van der Waals surface area contributed by atoms with Crippen LogP contribution < -0.4 is 5.56 Å². The zero-order valence-corrected chi connectivity index (χ0v) is 16.6. The largest absolute Gasteiger partial charge is 0.481 e. The molecule has 2 aromatic heterocycles. The summed E-state index contributed by atoms with van der Waals surface area (Å²) in [7, 11) is -3.96. The lowest BCUT2D eigenvalue weighted by Gasteiger charge is -2.17. The second kappa shape index (κ2) is 7.29. The third kappa shape index (κ3) is 3.48. The molecule has 4 rings (SSSR count). The van der Waals surface area contributed by atoms with E-state index in [0.29, 0.717) is 10.9 Å². The molecule has 0 saturated carbocycles. The highest BCUT2D eigenvalue weighted by Gasteiger charge is 2.40. The summed E-state index contributed by atoms with van der Waals surface area (Å²) in [5.74, 6) is -1.76. The van der Waals surface area contributed by atoms with Gasteiger partial charge >= 0.3 is 5.97 Å². The van der Waals surface area contributed by atoms with Crippen molar-refractivity contribution in [3.8, 4) is 0 Å². The van der Waals surface area contributed by atoms with Gasteiger partial charge in [0.1, 0.15) is 5.82 Å². The van der Waals surface area contributed by atoms with Crippen LogP contribution in [0.5, 0.6) is 0 Å². The van der Waals surface area contributed by atoms with E-state index in [1.165, 1.54) is 27.2 Å². The maximum atomic E-state index is 13.9. The number of carboxylic acids is 1. The van der Waals surface area contributed by atoms with Crippen LogP contribution in [0.2, 0.25) is 0 Å². The SMILES string of the molecule is C[C@@H]1CN(S(=O)(=O)c2ccc(=O)[nH]n2)C[C@@H]1n1nc(CC(=O)O)c2ccc(F)cc21. The molecule has 2 N–H and O–H groups in total. The quantitative estimate of drug-likeness (QED) is 0.603. The lowest BCUT2D eigenvalue weighted by Crippen LogP contribution is -2.31. The van der Waals surface area contributed by atoms with Crippen LogP contribution in [0.4, 0.5) is 4.39 Å². The molecule has 3 aromatic rings. The predicted octanol–water partition coefficient (Wildman–Crippen LogP) is 0.768. The number of nitrogens with zero attached hydrogens (tertiary/aromatic N) is 4. The first kappa shape index (κ1) is 20.2. The fraction of sp³-hybridized carbons (Fsp3) is 0.333. The van der Waals surface area contributed by atoms with Crippen LogP contribution in [0.15, 0.2) is 40.2 Å². The molecule has 30 heavy (non-hydrogen) atoms. The van der Waals surface area contributed by atoms with Crippen molar-refractivity contribution < 1.29 is 22.7 Å². The number of benzene rings is 1. The minimum absolute atomic E-state index is 0.0457. The molecule has 1 aliphatic heterocycles. The Balaban J connectivity index is 1.72. The van der Waals surface area contributed by atoms with Crippen molar-refractivity contribution >= 4 is 26.9 Å². The van der Waals surface area contributed by atoms with Crippen LogP contribution in [0.25, 0.3) is 10.9 Å². The van der Waals surface area contributed by atoms with Gasteiger partial charge in [0, 0.05) is 24.5 Å². The zero-order chi connectivity index (χ0) is 21.6. The second-order valence-corrected chi connectivity index (χ2v) is 9.13. The Bertz CT molecular complexity index is 1280. The number of aromatic nitrogens is 4. The summed E-state index contributed by atoms with van der Waals surface area (Å²) in [4.78, 5) is 22.4. The monoisotopic (exact) mass is 435 g/mol. The van der Waals surface area contributed by atoms with Gasteiger partial charge in [0.05, 0.1) is 23.7 Å². The molecule has 0 bridgehead atoms. The molecule has 1 aliphatic rings. The number of H-pyrrole nitrogens is 1. The van der Waals surface area contributed by atoms with Crippen molar-refractivity contribution in [1.82, 2.24) is 24.3 Å². The van der Waals surface area contributed by atoms with Gasteiger partial charge in [-0.1, -0.05) is 6.92 Å². The normalized spacial score (nSPS) is 20.1. The molecule has 1 saturated heterocycles. The molecule has 158 valence electrons. The smallest absolute Gasteiger partial charge is 0.309 e. The van der Waals surface area contributed by atoms with Gasteiger partial charge in [-0.25, -0.2) is 17.9 Å². The number of sulfonamides is 1. The molecule has 2 atom stereocenters. The minimum Gasteiger partial charge on any atom is -0.481 e. The summed E-state index contributed by atoms with van der Waals surface area (Å²) in [6, 6.07) is 5.76. The molecule has 0 unspecified atom stereocenters. The van der Waals surface area contributed by atoms with Crippen molar-refractivity contribution in [1.29, 1.82) is 0 Å². The summed E-state index contributed by atoms with van der Waals surface area (Å²) < 4.78 is 42.5. The third-order valence-electron chi connectivity index (χ3n) is 5.18. The summed E-state index contributed by atoms with van der Waals surface area (Å²) in [5.41, 5.74) is 0.176. The lowest BCUT2D eigenvalue weighted by molar-refractivity contribution is -0.136. The van der Waals surface area contributed by atoms with E-state index >= 15 is 0 Å². The highest BCUT2D eigenvalue weighted by molar-refractivity contribution is 7.89. The average Bonchev–Trinajstić information content (AvgIpc) is 3.22. The van der Waals surface area contributed by atoms with Crippen LogP contribution in [0.3, 0.4) is 0 Å². The maximum absolute atomic E-state index is 13.9. The van der Waals surface area contributed by atoms with Gasteiger partial charge in [-0.15, -0.1) is 0 Å². The van der Waals surface area contributed by atoms with Crippen molar-refractivity contribution in [3.63, 3.8) is 0 Å². The van der Waals surface area contributed by atoms with Crippen LogP contribution in [0, 0.1) is 11.7 Å². The van der Waals surface area contributed by atoms with Crippen LogP contribution >= 0.6 is 0 Å². The Kier molecular flexibility index (Phi) is 4.90. The van der Waals surface area contributed by atoms with E-state index in [-0.39, 0.29) is 36.1 Å². The first-order valence-corrected chi connectivity index (χ1v) is 10.5. The maximum Gasteiger partial charge on any atom is 0.309 e. The predicted molar refractivity (Wildman–Crippen MR) is 103 cm³/mol. The molecule has 1 aromatic carbocycles. The number of rotatable bonds is 5. The molecule has 0 amide bonds. The number of fused-ring (bicyclic) bond motifs is 1. The highest BCUT2D eigenvalue weighted by Crippen LogP contribution is 2.34. The Morgan fingerprint density at radius 1 is 1.30 bits per heavy atom. The van der Waals surface area contributed by atoms with E-state index in [4.69, 9.17) is 5.11 Å². The van der Waals surface area contributed by atoms with Crippen molar-refractivity contribution in [2.24, 2.45) is 5.92 Å². The van der Waals surface area contributed by atoms with E-state index in [0.717, 1.165) is 12.1 Å². The van der Waals surface area contributed by atoms with Gasteiger partial charge in [-0.2, -0.15) is 14.5 Å². The summed E-state index contributed by atoms with van der Waals surface area (Å²) in [6.45, 7) is 2.05. The fourth-order valence-electron chi connectivity index (χ4n) is 3.73. The van der Waals surface area contributed by atoms with Crippen LogP contribution in [-0.4, -0.2) is 56.9 Å². The molecule has 0 aliphatic carbocycles. The van der Waals surface area contributed by atoms with Crippen molar-refractivity contribution in [2.45, 2.75) is 24.4 Å². The zero-order valence-electron chi connectivity index (χ0n) is 15.8. The Morgan fingerprint density at radius 2 is 2.07 bits per heavy atom. The standard InChI is InChI=1S/C18H18FN5O5S/c1-10-8-23(30(28,29)17-5-4-16(25)20-21-17)9-15(10)24-14-6-11(19)2-3-12(14)13(22-24)7-18(26)27/h2-6,10,15H,7-9H2,1H3,(H,20,25)(H,26,27)/t10-,15+/m1/s1. The van der Waals surface area contributed by atoms with E-state index < -0.39 is 33.4 Å². The number of aliphatic carboxylic acids is 1. The van der Waals surface area contributed by atoms with Gasteiger partial charge in [0.2, 0.25) is 0 Å². The highest BCUT2D eigenvalue weighted by atomic mass is 32.2. The van der Waals surface area contributed by atoms with Crippen LogP contribution in [-0.2, 0) is 21.2 Å². The van der Waals surface area contributed by atoms with E-state index in [1.54, 1.807) is 0 Å². The van der Waals surface area contributed by atoms with Gasteiger partial charge in [0.15, 0.2) is 5.03 Å². The van der Waals surface area contributed by atoms with E-state index in [1.807, 2.05) is 6.92 Å². The number of halogens is 1. The Labute approximate surface area is 170 Å². The number of hydrogen-bond acceptors (Lipinski definition) is 6. The second-order valence-electron chi connectivity index (χ2n) is 7.25. The molecule has 12 heteroatoms. The number of hydrogen-bond donors (Lipinski definition) is 2. The number of nitrogens with one attached hydrogen (secondary N) is 1. The molecular formula is C18H18FN5O5S. The summed E-state index contributed by atoms with van der Waals surface area (Å²) in [5, 5.41) is 19.5. The van der Waals surface area contributed by atoms with E-state index in [2.05, 4.69) is 15.3 Å².